The number of piperazine rings is 1. The summed E-state index contributed by atoms with van der Waals surface area (Å²) in [4.78, 5) is 19.6. The number of hydrogen-bond acceptors (Lipinski definition) is 6. The lowest BCUT2D eigenvalue weighted by atomic mass is 10.1. The molecule has 4 heterocycles. The molecule has 0 amide bonds. The van der Waals surface area contributed by atoms with Crippen molar-refractivity contribution in [3.63, 3.8) is 0 Å². The highest BCUT2D eigenvalue weighted by molar-refractivity contribution is 5.83. The molecule has 1 aliphatic heterocycles. The summed E-state index contributed by atoms with van der Waals surface area (Å²) in [6, 6.07) is 16.4. The van der Waals surface area contributed by atoms with Gasteiger partial charge in [0.25, 0.3) is 0 Å². The van der Waals surface area contributed by atoms with E-state index in [1.54, 1.807) is 0 Å². The van der Waals surface area contributed by atoms with Gasteiger partial charge in [-0.05, 0) is 48.9 Å². The van der Waals surface area contributed by atoms with Crippen LogP contribution in [0.1, 0.15) is 11.3 Å². The summed E-state index contributed by atoms with van der Waals surface area (Å²) in [6.07, 6.45) is 1.85. The van der Waals surface area contributed by atoms with E-state index in [0.29, 0.717) is 5.95 Å². The molecular formula is C23H25N7. The zero-order valence-electron chi connectivity index (χ0n) is 17.0. The van der Waals surface area contributed by atoms with Crippen molar-refractivity contribution in [2.24, 2.45) is 0 Å². The summed E-state index contributed by atoms with van der Waals surface area (Å²) in [6.45, 7) is 7.19. The van der Waals surface area contributed by atoms with Gasteiger partial charge in [-0.3, -0.25) is 9.88 Å². The number of aromatic nitrogens is 4. The van der Waals surface area contributed by atoms with Crippen LogP contribution in [0, 0.1) is 6.92 Å². The highest BCUT2D eigenvalue weighted by Crippen LogP contribution is 2.24. The first-order valence-corrected chi connectivity index (χ1v) is 10.3. The first kappa shape index (κ1) is 18.7. The van der Waals surface area contributed by atoms with Crippen molar-refractivity contribution in [2.45, 2.75) is 13.5 Å². The van der Waals surface area contributed by atoms with E-state index in [0.717, 1.165) is 66.5 Å². The van der Waals surface area contributed by atoms with Crippen LogP contribution >= 0.6 is 0 Å². The monoisotopic (exact) mass is 399 g/mol. The van der Waals surface area contributed by atoms with Gasteiger partial charge in [0.1, 0.15) is 5.82 Å². The van der Waals surface area contributed by atoms with E-state index in [-0.39, 0.29) is 0 Å². The SMILES string of the molecule is Cc1cccc(-c2ccc3nc(Nc4cc(CN5CCNCC5)ccn4)[nH]c3c2)n1. The van der Waals surface area contributed by atoms with Crippen LogP contribution in [0.3, 0.4) is 0 Å². The van der Waals surface area contributed by atoms with Crippen molar-refractivity contribution >= 4 is 22.8 Å². The second kappa shape index (κ2) is 8.22. The Bertz CT molecular complexity index is 1160. The number of aromatic amines is 1. The zero-order chi connectivity index (χ0) is 20.3. The average molecular weight is 400 g/mol. The van der Waals surface area contributed by atoms with E-state index in [9.17, 15) is 0 Å². The van der Waals surface area contributed by atoms with E-state index in [1.807, 2.05) is 37.4 Å². The largest absolute Gasteiger partial charge is 0.324 e. The van der Waals surface area contributed by atoms with E-state index in [4.69, 9.17) is 0 Å². The molecule has 152 valence electrons. The molecule has 7 nitrogen and oxygen atoms in total. The van der Waals surface area contributed by atoms with Crippen LogP contribution in [-0.4, -0.2) is 51.0 Å². The Balaban J connectivity index is 1.34. The minimum Gasteiger partial charge on any atom is -0.324 e. The van der Waals surface area contributed by atoms with Gasteiger partial charge in [-0.2, -0.15) is 0 Å². The van der Waals surface area contributed by atoms with Crippen molar-refractivity contribution in [2.75, 3.05) is 31.5 Å². The summed E-state index contributed by atoms with van der Waals surface area (Å²) in [5, 5.41) is 6.71. The number of benzene rings is 1. The molecular weight excluding hydrogens is 374 g/mol. The van der Waals surface area contributed by atoms with Gasteiger partial charge in [0.15, 0.2) is 0 Å². The normalized spacial score (nSPS) is 14.8. The van der Waals surface area contributed by atoms with E-state index >= 15 is 0 Å². The van der Waals surface area contributed by atoms with Crippen molar-refractivity contribution < 1.29 is 0 Å². The Kier molecular flexibility index (Phi) is 5.13. The molecule has 3 aromatic heterocycles. The third-order valence-corrected chi connectivity index (χ3v) is 5.35. The number of nitrogens with zero attached hydrogens (tertiary/aromatic N) is 4. The molecule has 0 bridgehead atoms. The molecule has 0 spiro atoms. The van der Waals surface area contributed by atoms with E-state index in [1.165, 1.54) is 5.56 Å². The number of anilines is 2. The topological polar surface area (TPSA) is 81.8 Å². The van der Waals surface area contributed by atoms with Gasteiger partial charge >= 0.3 is 0 Å². The molecule has 7 heteroatoms. The number of H-pyrrole nitrogens is 1. The van der Waals surface area contributed by atoms with Gasteiger partial charge in [-0.15, -0.1) is 0 Å². The third-order valence-electron chi connectivity index (χ3n) is 5.35. The standard InChI is InChI=1S/C23H25N7/c1-16-3-2-4-19(26-16)18-5-6-20-21(14-18)28-23(27-20)29-22-13-17(7-8-25-22)15-30-11-9-24-10-12-30/h2-8,13-14,24H,9-12,15H2,1H3,(H2,25,27,28,29). The zero-order valence-corrected chi connectivity index (χ0v) is 17.0. The number of nitrogens with one attached hydrogen (secondary N) is 3. The third kappa shape index (κ3) is 4.17. The molecule has 4 aromatic rings. The summed E-state index contributed by atoms with van der Waals surface area (Å²) in [7, 11) is 0. The molecule has 0 aliphatic carbocycles. The number of fused-ring (bicyclic) bond motifs is 1. The molecule has 0 saturated carbocycles. The maximum Gasteiger partial charge on any atom is 0.206 e. The van der Waals surface area contributed by atoms with Crippen molar-refractivity contribution in [3.8, 4) is 11.3 Å². The van der Waals surface area contributed by atoms with Crippen LogP contribution in [0.2, 0.25) is 0 Å². The molecule has 0 radical (unpaired) electrons. The van der Waals surface area contributed by atoms with Crippen molar-refractivity contribution in [1.29, 1.82) is 0 Å². The van der Waals surface area contributed by atoms with Crippen molar-refractivity contribution in [3.05, 3.63) is 66.0 Å². The minimum atomic E-state index is 0.686. The van der Waals surface area contributed by atoms with Crippen LogP contribution in [0.5, 0.6) is 0 Å². The van der Waals surface area contributed by atoms with Crippen molar-refractivity contribution in [1.82, 2.24) is 30.2 Å². The fourth-order valence-corrected chi connectivity index (χ4v) is 3.82. The second-order valence-corrected chi connectivity index (χ2v) is 7.68. The Labute approximate surface area is 175 Å². The summed E-state index contributed by atoms with van der Waals surface area (Å²) >= 11 is 0. The Morgan fingerprint density at radius 1 is 1.03 bits per heavy atom. The van der Waals surface area contributed by atoms with Gasteiger partial charge < -0.3 is 15.6 Å². The van der Waals surface area contributed by atoms with E-state index < -0.39 is 0 Å². The number of hydrogen-bond donors (Lipinski definition) is 3. The second-order valence-electron chi connectivity index (χ2n) is 7.68. The Morgan fingerprint density at radius 2 is 1.93 bits per heavy atom. The molecule has 1 aromatic carbocycles. The molecule has 1 aliphatic rings. The number of pyridine rings is 2. The van der Waals surface area contributed by atoms with Crippen LogP contribution < -0.4 is 10.6 Å². The predicted molar refractivity (Wildman–Crippen MR) is 120 cm³/mol. The molecule has 3 N–H and O–H groups in total. The maximum atomic E-state index is 4.66. The van der Waals surface area contributed by atoms with Gasteiger partial charge in [-0.1, -0.05) is 12.1 Å². The number of imidazole rings is 1. The smallest absolute Gasteiger partial charge is 0.206 e. The highest BCUT2D eigenvalue weighted by atomic mass is 15.2. The lowest BCUT2D eigenvalue weighted by Crippen LogP contribution is -2.42. The predicted octanol–water partition coefficient (Wildman–Crippen LogP) is 3.48. The maximum absolute atomic E-state index is 4.66. The first-order valence-electron chi connectivity index (χ1n) is 10.3. The fourth-order valence-electron chi connectivity index (χ4n) is 3.82. The lowest BCUT2D eigenvalue weighted by Gasteiger charge is -2.27. The highest BCUT2D eigenvalue weighted by Gasteiger charge is 2.11. The molecule has 1 fully saturated rings. The minimum absolute atomic E-state index is 0.686. The van der Waals surface area contributed by atoms with E-state index in [2.05, 4.69) is 59.7 Å². The molecule has 0 atom stereocenters. The van der Waals surface area contributed by atoms with Gasteiger partial charge in [0.05, 0.1) is 16.7 Å². The van der Waals surface area contributed by atoms with Crippen LogP contribution in [0.4, 0.5) is 11.8 Å². The summed E-state index contributed by atoms with van der Waals surface area (Å²) in [5.74, 6) is 1.48. The average Bonchev–Trinajstić information content (AvgIpc) is 3.16. The molecule has 0 unspecified atom stereocenters. The van der Waals surface area contributed by atoms with Crippen LogP contribution in [0.15, 0.2) is 54.7 Å². The number of aryl methyl sites for hydroxylation is 1. The molecule has 30 heavy (non-hydrogen) atoms. The lowest BCUT2D eigenvalue weighted by molar-refractivity contribution is 0.233. The first-order chi connectivity index (χ1) is 14.7. The number of rotatable bonds is 5. The van der Waals surface area contributed by atoms with Crippen LogP contribution in [-0.2, 0) is 6.54 Å². The Morgan fingerprint density at radius 3 is 2.80 bits per heavy atom. The fraction of sp³-hybridized carbons (Fsp3) is 0.261. The quantitative estimate of drug-likeness (QED) is 0.477. The summed E-state index contributed by atoms with van der Waals surface area (Å²) < 4.78 is 0. The Hall–Kier alpha value is -3.29. The molecule has 1 saturated heterocycles. The van der Waals surface area contributed by atoms with Gasteiger partial charge in [0.2, 0.25) is 5.95 Å². The van der Waals surface area contributed by atoms with Gasteiger partial charge in [-0.25, -0.2) is 9.97 Å². The molecule has 5 rings (SSSR count). The van der Waals surface area contributed by atoms with Gasteiger partial charge in [0, 0.05) is 50.2 Å². The van der Waals surface area contributed by atoms with Crippen LogP contribution in [0.25, 0.3) is 22.3 Å². The summed E-state index contributed by atoms with van der Waals surface area (Å²) in [5.41, 5.74) is 6.16.